The highest BCUT2D eigenvalue weighted by molar-refractivity contribution is 5.55. The number of aryl methyl sites for hydroxylation is 1. The number of anilines is 1. The molecule has 2 aliphatic heterocycles. The maximum atomic E-state index is 10.7. The first-order chi connectivity index (χ1) is 9.81. The fourth-order valence-electron chi connectivity index (χ4n) is 4.04. The fraction of sp³-hybridized carbons (Fsp3) is 0.667. The van der Waals surface area contributed by atoms with Crippen LogP contribution >= 0.6 is 0 Å². The summed E-state index contributed by atoms with van der Waals surface area (Å²) < 4.78 is 6.11. The van der Waals surface area contributed by atoms with Crippen LogP contribution in [0.5, 0.6) is 0 Å². The summed E-state index contributed by atoms with van der Waals surface area (Å²) in [5.74, 6) is 0.124. The van der Waals surface area contributed by atoms with Crippen molar-refractivity contribution in [2.24, 2.45) is 5.92 Å². The molecule has 2 unspecified atom stereocenters. The summed E-state index contributed by atoms with van der Waals surface area (Å²) in [5.41, 5.74) is 1.99. The number of aliphatic hydroxyl groups excluding tert-OH is 1. The van der Waals surface area contributed by atoms with Crippen LogP contribution in [0.15, 0.2) is 24.3 Å². The van der Waals surface area contributed by atoms with E-state index in [-0.39, 0.29) is 11.5 Å². The van der Waals surface area contributed by atoms with Gasteiger partial charge in [0.1, 0.15) is 0 Å². The van der Waals surface area contributed by atoms with Crippen molar-refractivity contribution in [2.75, 3.05) is 18.0 Å². The first-order valence-corrected chi connectivity index (χ1v) is 8.02. The zero-order chi connectivity index (χ0) is 15.3. The first-order valence-electron chi connectivity index (χ1n) is 8.02. The Bertz CT molecular complexity index is 524. The Morgan fingerprint density at radius 2 is 1.90 bits per heavy atom. The second kappa shape index (κ2) is 4.99. The summed E-state index contributed by atoms with van der Waals surface area (Å²) in [6.45, 7) is 10.1. The Balaban J connectivity index is 1.84. The molecule has 2 atom stereocenters. The van der Waals surface area contributed by atoms with E-state index in [4.69, 9.17) is 4.74 Å². The summed E-state index contributed by atoms with van der Waals surface area (Å²) in [7, 11) is 0. The summed E-state index contributed by atoms with van der Waals surface area (Å²) in [5, 5.41) is 10.7. The van der Waals surface area contributed by atoms with Crippen LogP contribution in [0.25, 0.3) is 0 Å². The third-order valence-electron chi connectivity index (χ3n) is 5.14. The van der Waals surface area contributed by atoms with Crippen molar-refractivity contribution in [3.05, 3.63) is 29.8 Å². The Kier molecular flexibility index (Phi) is 3.53. The monoisotopic (exact) mass is 289 g/mol. The van der Waals surface area contributed by atoms with Gasteiger partial charge in [-0.2, -0.15) is 0 Å². The number of hydrogen-bond donors (Lipinski definition) is 1. The Labute approximate surface area is 127 Å². The van der Waals surface area contributed by atoms with E-state index in [1.165, 1.54) is 17.7 Å². The lowest BCUT2D eigenvalue weighted by atomic mass is 9.83. The van der Waals surface area contributed by atoms with Gasteiger partial charge >= 0.3 is 0 Å². The zero-order valence-electron chi connectivity index (χ0n) is 13.6. The van der Waals surface area contributed by atoms with Crippen molar-refractivity contribution < 1.29 is 9.84 Å². The molecule has 0 saturated carbocycles. The number of fused-ring (bicyclic) bond motifs is 1. The lowest BCUT2D eigenvalue weighted by Gasteiger charge is -2.37. The molecule has 0 aliphatic carbocycles. The van der Waals surface area contributed by atoms with E-state index in [0.717, 1.165) is 19.5 Å². The number of ether oxygens (including phenoxy) is 1. The molecule has 1 fully saturated rings. The summed E-state index contributed by atoms with van der Waals surface area (Å²) in [6.07, 6.45) is 1.91. The minimum absolute atomic E-state index is 0.124. The predicted molar refractivity (Wildman–Crippen MR) is 85.7 cm³/mol. The molecule has 116 valence electrons. The van der Waals surface area contributed by atoms with E-state index in [1.807, 2.05) is 13.8 Å². The van der Waals surface area contributed by atoms with Gasteiger partial charge in [0.25, 0.3) is 0 Å². The highest BCUT2D eigenvalue weighted by Gasteiger charge is 2.53. The van der Waals surface area contributed by atoms with Gasteiger partial charge in [-0.3, -0.25) is 0 Å². The SMILES string of the molecule is CC1(C)OC(C)(C)C(CN2CCCc3ccccc32)C1O. The lowest BCUT2D eigenvalue weighted by molar-refractivity contribution is -0.0906. The van der Waals surface area contributed by atoms with E-state index in [9.17, 15) is 5.11 Å². The molecule has 3 heteroatoms. The van der Waals surface area contributed by atoms with E-state index in [2.05, 4.69) is 43.0 Å². The van der Waals surface area contributed by atoms with Crippen LogP contribution < -0.4 is 4.90 Å². The molecule has 0 spiro atoms. The van der Waals surface area contributed by atoms with Crippen LogP contribution in [0.3, 0.4) is 0 Å². The van der Waals surface area contributed by atoms with E-state index in [0.29, 0.717) is 0 Å². The molecule has 1 saturated heterocycles. The predicted octanol–water partition coefficient (Wildman–Crippen LogP) is 3.00. The average Bonchev–Trinajstić information content (AvgIpc) is 2.57. The van der Waals surface area contributed by atoms with Gasteiger partial charge in [-0.25, -0.2) is 0 Å². The Hall–Kier alpha value is -1.06. The first kappa shape index (κ1) is 14.9. The quantitative estimate of drug-likeness (QED) is 0.908. The number of rotatable bonds is 2. The average molecular weight is 289 g/mol. The minimum Gasteiger partial charge on any atom is -0.390 e. The van der Waals surface area contributed by atoms with Gasteiger partial charge in [-0.15, -0.1) is 0 Å². The van der Waals surface area contributed by atoms with Crippen LogP contribution in [-0.4, -0.2) is 35.5 Å². The second-order valence-corrected chi connectivity index (χ2v) is 7.54. The van der Waals surface area contributed by atoms with E-state index < -0.39 is 11.7 Å². The topological polar surface area (TPSA) is 32.7 Å². The maximum Gasteiger partial charge on any atom is 0.0897 e. The molecular weight excluding hydrogens is 262 g/mol. The highest BCUT2D eigenvalue weighted by Crippen LogP contribution is 2.43. The van der Waals surface area contributed by atoms with Crippen molar-refractivity contribution in [3.63, 3.8) is 0 Å². The maximum absolute atomic E-state index is 10.7. The van der Waals surface area contributed by atoms with Gasteiger partial charge in [0.15, 0.2) is 0 Å². The van der Waals surface area contributed by atoms with Crippen LogP contribution in [0.2, 0.25) is 0 Å². The Morgan fingerprint density at radius 3 is 2.57 bits per heavy atom. The molecule has 21 heavy (non-hydrogen) atoms. The summed E-state index contributed by atoms with van der Waals surface area (Å²) in [4.78, 5) is 2.43. The van der Waals surface area contributed by atoms with Crippen molar-refractivity contribution in [1.29, 1.82) is 0 Å². The fourth-order valence-corrected chi connectivity index (χ4v) is 4.04. The van der Waals surface area contributed by atoms with E-state index >= 15 is 0 Å². The van der Waals surface area contributed by atoms with Gasteiger partial charge in [-0.1, -0.05) is 18.2 Å². The number of nitrogens with zero attached hydrogens (tertiary/aromatic N) is 1. The van der Waals surface area contributed by atoms with Gasteiger partial charge in [0, 0.05) is 24.7 Å². The number of benzene rings is 1. The molecule has 2 heterocycles. The van der Waals surface area contributed by atoms with Crippen LogP contribution in [-0.2, 0) is 11.2 Å². The lowest BCUT2D eigenvalue weighted by Crippen LogP contribution is -2.45. The van der Waals surface area contributed by atoms with Crippen LogP contribution in [0.4, 0.5) is 5.69 Å². The molecule has 0 aromatic heterocycles. The van der Waals surface area contributed by atoms with Crippen LogP contribution in [0.1, 0.15) is 39.7 Å². The number of aliphatic hydroxyl groups is 1. The molecule has 3 nitrogen and oxygen atoms in total. The molecule has 2 aliphatic rings. The smallest absolute Gasteiger partial charge is 0.0897 e. The standard InChI is InChI=1S/C18H27NO2/c1-17(2)14(16(20)18(3,4)21-17)12-19-11-7-9-13-8-5-6-10-15(13)19/h5-6,8,10,14,16,20H,7,9,11-12H2,1-4H3. The third kappa shape index (κ3) is 2.58. The molecule has 0 radical (unpaired) electrons. The van der Waals surface area contributed by atoms with Crippen LogP contribution in [0, 0.1) is 5.92 Å². The molecule has 0 amide bonds. The molecule has 0 bridgehead atoms. The van der Waals surface area contributed by atoms with Crippen molar-refractivity contribution in [1.82, 2.24) is 0 Å². The van der Waals surface area contributed by atoms with Crippen molar-refractivity contribution >= 4 is 5.69 Å². The molecule has 1 N–H and O–H groups in total. The summed E-state index contributed by atoms with van der Waals surface area (Å²) >= 11 is 0. The van der Waals surface area contributed by atoms with Gasteiger partial charge in [0.05, 0.1) is 17.3 Å². The van der Waals surface area contributed by atoms with Crippen molar-refractivity contribution in [3.8, 4) is 0 Å². The zero-order valence-corrected chi connectivity index (χ0v) is 13.6. The summed E-state index contributed by atoms with van der Waals surface area (Å²) in [6, 6.07) is 8.64. The third-order valence-corrected chi connectivity index (χ3v) is 5.14. The number of hydrogen-bond acceptors (Lipinski definition) is 3. The molecule has 3 rings (SSSR count). The van der Waals surface area contributed by atoms with Gasteiger partial charge < -0.3 is 14.7 Å². The largest absolute Gasteiger partial charge is 0.390 e. The Morgan fingerprint density at radius 1 is 1.19 bits per heavy atom. The minimum atomic E-state index is -0.469. The van der Waals surface area contributed by atoms with Gasteiger partial charge in [-0.05, 0) is 52.2 Å². The molecule has 1 aromatic rings. The van der Waals surface area contributed by atoms with E-state index in [1.54, 1.807) is 0 Å². The molecular formula is C18H27NO2. The number of para-hydroxylation sites is 1. The highest BCUT2D eigenvalue weighted by atomic mass is 16.5. The van der Waals surface area contributed by atoms with Gasteiger partial charge in [0.2, 0.25) is 0 Å². The van der Waals surface area contributed by atoms with Crippen molar-refractivity contribution in [2.45, 2.75) is 57.8 Å². The second-order valence-electron chi connectivity index (χ2n) is 7.54. The normalized spacial score (nSPS) is 30.2. The molecule has 1 aromatic carbocycles.